The molecule has 0 atom stereocenters. The highest BCUT2D eigenvalue weighted by molar-refractivity contribution is 9.09. The standard InChI is InChI=1S/C14H22BrN/c1-13-6-8-14(9-7-13)12-16(2)11-5-3-4-10-15/h6-9H,3-5,10-12H2,1-2H3. The van der Waals surface area contributed by atoms with Crippen molar-refractivity contribution >= 4 is 15.9 Å². The zero-order valence-corrected chi connectivity index (χ0v) is 12.0. The summed E-state index contributed by atoms with van der Waals surface area (Å²) in [5, 5.41) is 1.13. The van der Waals surface area contributed by atoms with Crippen LogP contribution >= 0.6 is 15.9 Å². The molecule has 0 saturated carbocycles. The Balaban J connectivity index is 2.23. The van der Waals surface area contributed by atoms with Crippen LogP contribution < -0.4 is 0 Å². The molecule has 0 fully saturated rings. The predicted molar refractivity (Wildman–Crippen MR) is 75.2 cm³/mol. The van der Waals surface area contributed by atoms with Gasteiger partial charge in [0.1, 0.15) is 0 Å². The van der Waals surface area contributed by atoms with Crippen molar-refractivity contribution in [2.24, 2.45) is 0 Å². The lowest BCUT2D eigenvalue weighted by atomic mass is 10.1. The summed E-state index contributed by atoms with van der Waals surface area (Å²) in [6.07, 6.45) is 3.91. The highest BCUT2D eigenvalue weighted by Crippen LogP contribution is 2.07. The lowest BCUT2D eigenvalue weighted by Gasteiger charge is -2.16. The Labute approximate surface area is 108 Å². The molecule has 1 aromatic rings. The zero-order valence-electron chi connectivity index (χ0n) is 10.4. The largest absolute Gasteiger partial charge is 0.302 e. The van der Waals surface area contributed by atoms with Gasteiger partial charge in [0, 0.05) is 11.9 Å². The van der Waals surface area contributed by atoms with E-state index in [1.807, 2.05) is 0 Å². The maximum atomic E-state index is 3.46. The first kappa shape index (κ1) is 13.7. The van der Waals surface area contributed by atoms with Crippen molar-refractivity contribution in [1.29, 1.82) is 0 Å². The number of unbranched alkanes of at least 4 members (excludes halogenated alkanes) is 2. The predicted octanol–water partition coefficient (Wildman–Crippen LogP) is 3.99. The van der Waals surface area contributed by atoms with Crippen LogP contribution in [-0.4, -0.2) is 23.8 Å². The third kappa shape index (κ3) is 5.66. The molecule has 0 aliphatic heterocycles. The van der Waals surface area contributed by atoms with Crippen molar-refractivity contribution in [2.45, 2.75) is 32.7 Å². The first-order chi connectivity index (χ1) is 7.72. The van der Waals surface area contributed by atoms with Crippen molar-refractivity contribution in [3.05, 3.63) is 35.4 Å². The molecule has 0 aliphatic rings. The number of aryl methyl sites for hydroxylation is 1. The molecule has 2 heteroatoms. The molecule has 0 bridgehead atoms. The summed E-state index contributed by atoms with van der Waals surface area (Å²) in [5.74, 6) is 0. The van der Waals surface area contributed by atoms with Gasteiger partial charge in [-0.15, -0.1) is 0 Å². The first-order valence-corrected chi connectivity index (χ1v) is 7.14. The van der Waals surface area contributed by atoms with E-state index in [2.05, 4.69) is 59.1 Å². The van der Waals surface area contributed by atoms with E-state index in [0.29, 0.717) is 0 Å². The normalized spacial score (nSPS) is 11.0. The molecule has 1 nitrogen and oxygen atoms in total. The smallest absolute Gasteiger partial charge is 0.0230 e. The summed E-state index contributed by atoms with van der Waals surface area (Å²) in [5.41, 5.74) is 2.75. The lowest BCUT2D eigenvalue weighted by molar-refractivity contribution is 0.318. The van der Waals surface area contributed by atoms with E-state index < -0.39 is 0 Å². The molecule has 0 amide bonds. The van der Waals surface area contributed by atoms with Crippen LogP contribution in [0, 0.1) is 6.92 Å². The van der Waals surface area contributed by atoms with E-state index in [4.69, 9.17) is 0 Å². The van der Waals surface area contributed by atoms with Gasteiger partial charge >= 0.3 is 0 Å². The average molecular weight is 284 g/mol. The monoisotopic (exact) mass is 283 g/mol. The number of benzene rings is 1. The van der Waals surface area contributed by atoms with Crippen molar-refractivity contribution in [3.8, 4) is 0 Å². The van der Waals surface area contributed by atoms with Gasteiger partial charge in [-0.05, 0) is 38.9 Å². The van der Waals surface area contributed by atoms with Gasteiger partial charge < -0.3 is 4.90 Å². The fourth-order valence-electron chi connectivity index (χ4n) is 1.74. The van der Waals surface area contributed by atoms with Crippen LogP contribution in [0.25, 0.3) is 0 Å². The third-order valence-electron chi connectivity index (χ3n) is 2.75. The fourth-order valence-corrected chi connectivity index (χ4v) is 2.13. The van der Waals surface area contributed by atoms with Gasteiger partial charge in [-0.25, -0.2) is 0 Å². The summed E-state index contributed by atoms with van der Waals surface area (Å²) < 4.78 is 0. The molecule has 0 aromatic heterocycles. The highest BCUT2D eigenvalue weighted by atomic mass is 79.9. The molecule has 0 heterocycles. The number of hydrogen-bond donors (Lipinski definition) is 0. The van der Waals surface area contributed by atoms with E-state index >= 15 is 0 Å². The van der Waals surface area contributed by atoms with Crippen molar-refractivity contribution in [2.75, 3.05) is 18.9 Å². The van der Waals surface area contributed by atoms with E-state index in [9.17, 15) is 0 Å². The van der Waals surface area contributed by atoms with Crippen LogP contribution in [0.2, 0.25) is 0 Å². The maximum Gasteiger partial charge on any atom is 0.0230 e. The van der Waals surface area contributed by atoms with E-state index in [1.54, 1.807) is 0 Å². The second-order valence-corrected chi connectivity index (χ2v) is 5.27. The van der Waals surface area contributed by atoms with Crippen LogP contribution in [0.1, 0.15) is 30.4 Å². The highest BCUT2D eigenvalue weighted by Gasteiger charge is 1.99. The summed E-state index contributed by atoms with van der Waals surface area (Å²) in [4.78, 5) is 2.40. The Morgan fingerprint density at radius 3 is 2.38 bits per heavy atom. The average Bonchev–Trinajstić information content (AvgIpc) is 2.28. The Morgan fingerprint density at radius 1 is 1.06 bits per heavy atom. The minimum Gasteiger partial charge on any atom is -0.302 e. The van der Waals surface area contributed by atoms with Gasteiger partial charge in [0.15, 0.2) is 0 Å². The second-order valence-electron chi connectivity index (χ2n) is 4.47. The van der Waals surface area contributed by atoms with Gasteiger partial charge in [0.25, 0.3) is 0 Å². The van der Waals surface area contributed by atoms with Gasteiger partial charge in [0.2, 0.25) is 0 Å². The summed E-state index contributed by atoms with van der Waals surface area (Å²) >= 11 is 3.46. The Hall–Kier alpha value is -0.340. The molecule has 0 radical (unpaired) electrons. The molecule has 0 saturated heterocycles. The van der Waals surface area contributed by atoms with Crippen molar-refractivity contribution in [3.63, 3.8) is 0 Å². The number of nitrogens with zero attached hydrogens (tertiary/aromatic N) is 1. The van der Waals surface area contributed by atoms with E-state index in [0.717, 1.165) is 11.9 Å². The van der Waals surface area contributed by atoms with Gasteiger partial charge in [-0.2, -0.15) is 0 Å². The molecule has 90 valence electrons. The van der Waals surface area contributed by atoms with Crippen LogP contribution in [-0.2, 0) is 6.54 Å². The van der Waals surface area contributed by atoms with Crippen LogP contribution in [0.5, 0.6) is 0 Å². The summed E-state index contributed by atoms with van der Waals surface area (Å²) in [6.45, 7) is 4.39. The molecule has 0 N–H and O–H groups in total. The van der Waals surface area contributed by atoms with Crippen molar-refractivity contribution < 1.29 is 0 Å². The Kier molecular flexibility index (Phi) is 6.74. The molecule has 16 heavy (non-hydrogen) atoms. The van der Waals surface area contributed by atoms with Gasteiger partial charge in [-0.1, -0.05) is 52.2 Å². The van der Waals surface area contributed by atoms with Gasteiger partial charge in [0.05, 0.1) is 0 Å². The van der Waals surface area contributed by atoms with E-state index in [-0.39, 0.29) is 0 Å². The van der Waals surface area contributed by atoms with Crippen molar-refractivity contribution in [1.82, 2.24) is 4.90 Å². The minimum absolute atomic E-state index is 1.06. The van der Waals surface area contributed by atoms with Gasteiger partial charge in [-0.3, -0.25) is 0 Å². The Morgan fingerprint density at radius 2 is 1.75 bits per heavy atom. The molecule has 1 rings (SSSR count). The minimum atomic E-state index is 1.06. The second kappa shape index (κ2) is 7.86. The molecular formula is C14H22BrN. The van der Waals surface area contributed by atoms with Crippen LogP contribution in [0.4, 0.5) is 0 Å². The molecule has 0 aliphatic carbocycles. The third-order valence-corrected chi connectivity index (χ3v) is 3.31. The SMILES string of the molecule is Cc1ccc(CN(C)CCCCCBr)cc1. The topological polar surface area (TPSA) is 3.24 Å². The summed E-state index contributed by atoms with van der Waals surface area (Å²) in [7, 11) is 2.20. The number of hydrogen-bond acceptors (Lipinski definition) is 1. The zero-order chi connectivity index (χ0) is 11.8. The number of alkyl halides is 1. The fraction of sp³-hybridized carbons (Fsp3) is 0.571. The quantitative estimate of drug-likeness (QED) is 0.540. The number of rotatable bonds is 7. The van der Waals surface area contributed by atoms with Crippen LogP contribution in [0.15, 0.2) is 24.3 Å². The van der Waals surface area contributed by atoms with Crippen LogP contribution in [0.3, 0.4) is 0 Å². The number of halogens is 1. The maximum absolute atomic E-state index is 3.46. The first-order valence-electron chi connectivity index (χ1n) is 6.02. The molecule has 0 spiro atoms. The van der Waals surface area contributed by atoms with E-state index in [1.165, 1.54) is 36.9 Å². The summed E-state index contributed by atoms with van der Waals surface area (Å²) in [6, 6.07) is 8.83. The molecular weight excluding hydrogens is 262 g/mol. The molecule has 1 aromatic carbocycles. The lowest BCUT2D eigenvalue weighted by Crippen LogP contribution is -2.19. The molecule has 0 unspecified atom stereocenters. The Bertz CT molecular complexity index is 281.